The lowest BCUT2D eigenvalue weighted by atomic mass is 10.1. The van der Waals surface area contributed by atoms with Crippen LogP contribution in [0.1, 0.15) is 5.69 Å². The number of hydrogen-bond acceptors (Lipinski definition) is 6. The van der Waals surface area contributed by atoms with Gasteiger partial charge in [0.1, 0.15) is 0 Å². The zero-order valence-corrected chi connectivity index (χ0v) is 17.6. The van der Waals surface area contributed by atoms with E-state index >= 15 is 0 Å². The fourth-order valence-corrected chi connectivity index (χ4v) is 4.12. The molecule has 31 heavy (non-hydrogen) atoms. The van der Waals surface area contributed by atoms with Crippen molar-refractivity contribution in [1.29, 1.82) is 0 Å². The monoisotopic (exact) mass is 415 g/mol. The highest BCUT2D eigenvalue weighted by Crippen LogP contribution is 2.27. The van der Waals surface area contributed by atoms with Crippen molar-refractivity contribution in [2.24, 2.45) is 0 Å². The number of rotatable bonds is 5. The van der Waals surface area contributed by atoms with Crippen LogP contribution in [0.4, 0.5) is 5.69 Å². The van der Waals surface area contributed by atoms with Crippen LogP contribution in [0.2, 0.25) is 0 Å². The fourth-order valence-electron chi connectivity index (χ4n) is 4.12. The second-order valence-electron chi connectivity index (χ2n) is 7.83. The maximum Gasteiger partial charge on any atom is 0.266 e. The van der Waals surface area contributed by atoms with Crippen LogP contribution < -0.4 is 10.5 Å². The predicted octanol–water partition coefficient (Wildman–Crippen LogP) is 2.11. The van der Waals surface area contributed by atoms with E-state index in [1.54, 1.807) is 23.0 Å². The molecular weight excluding hydrogens is 390 g/mol. The van der Waals surface area contributed by atoms with Crippen molar-refractivity contribution in [2.45, 2.75) is 13.5 Å². The van der Waals surface area contributed by atoms with Gasteiger partial charge in [-0.3, -0.25) is 14.7 Å². The van der Waals surface area contributed by atoms with Crippen LogP contribution in [0.25, 0.3) is 16.7 Å². The Kier molecular flexibility index (Phi) is 5.21. The van der Waals surface area contributed by atoms with Gasteiger partial charge in [-0.2, -0.15) is 5.10 Å². The summed E-state index contributed by atoms with van der Waals surface area (Å²) >= 11 is 0. The van der Waals surface area contributed by atoms with Gasteiger partial charge >= 0.3 is 0 Å². The summed E-state index contributed by atoms with van der Waals surface area (Å²) in [5, 5.41) is 9.86. The molecule has 4 heterocycles. The van der Waals surface area contributed by atoms with Crippen LogP contribution >= 0.6 is 0 Å². The first kappa shape index (κ1) is 19.4. The third-order valence-corrected chi connectivity index (χ3v) is 5.76. The summed E-state index contributed by atoms with van der Waals surface area (Å²) in [6.45, 7) is 7.19. The molecule has 0 aliphatic carbocycles. The summed E-state index contributed by atoms with van der Waals surface area (Å²) in [5.74, 6) is 0.648. The molecule has 0 amide bonds. The Hall–Kier alpha value is -3.52. The molecule has 8 nitrogen and oxygen atoms in total. The molecule has 0 unspecified atom stereocenters. The van der Waals surface area contributed by atoms with Gasteiger partial charge in [-0.1, -0.05) is 18.2 Å². The van der Waals surface area contributed by atoms with Crippen LogP contribution in [0.5, 0.6) is 0 Å². The molecule has 8 heteroatoms. The number of piperazine rings is 1. The Morgan fingerprint density at radius 1 is 0.968 bits per heavy atom. The van der Waals surface area contributed by atoms with Gasteiger partial charge in [0.2, 0.25) is 0 Å². The molecular formula is C23H25N7O. The van der Waals surface area contributed by atoms with Crippen molar-refractivity contribution in [2.75, 3.05) is 37.6 Å². The van der Waals surface area contributed by atoms with E-state index in [0.717, 1.165) is 43.9 Å². The van der Waals surface area contributed by atoms with Crippen molar-refractivity contribution in [3.05, 3.63) is 77.0 Å². The summed E-state index contributed by atoms with van der Waals surface area (Å²) in [4.78, 5) is 21.7. The van der Waals surface area contributed by atoms with Gasteiger partial charge in [0.15, 0.2) is 5.82 Å². The van der Waals surface area contributed by atoms with Gasteiger partial charge < -0.3 is 4.90 Å². The minimum atomic E-state index is -0.0896. The lowest BCUT2D eigenvalue weighted by Crippen LogP contribution is -2.47. The molecule has 3 aromatic heterocycles. The van der Waals surface area contributed by atoms with Gasteiger partial charge in [-0.05, 0) is 31.2 Å². The van der Waals surface area contributed by atoms with Crippen molar-refractivity contribution in [1.82, 2.24) is 29.4 Å². The molecule has 1 fully saturated rings. The van der Waals surface area contributed by atoms with Crippen LogP contribution in [0.3, 0.4) is 0 Å². The number of benzene rings is 1. The molecule has 0 radical (unpaired) electrons. The van der Waals surface area contributed by atoms with Crippen molar-refractivity contribution in [3.8, 4) is 5.82 Å². The summed E-state index contributed by atoms with van der Waals surface area (Å²) in [5.41, 5.74) is 3.25. The first-order valence-electron chi connectivity index (χ1n) is 10.6. The van der Waals surface area contributed by atoms with Gasteiger partial charge in [0.25, 0.3) is 5.56 Å². The standard InChI is InChI=1S/C23H25N7O/c1-18-17-21(19-5-2-3-6-20(19)25-18)28-14-11-27(12-15-28)13-16-30-23(31)8-7-22(26-30)29-10-4-9-24-29/h2-10,17H,11-16H2,1H3. The minimum Gasteiger partial charge on any atom is -0.368 e. The number of pyridine rings is 1. The Balaban J connectivity index is 1.24. The molecule has 158 valence electrons. The SMILES string of the molecule is Cc1cc(N2CCN(CCn3nc(-n4cccn4)ccc3=O)CC2)c2ccccc2n1. The molecule has 1 aromatic carbocycles. The average Bonchev–Trinajstić information content (AvgIpc) is 3.33. The lowest BCUT2D eigenvalue weighted by Gasteiger charge is -2.36. The minimum absolute atomic E-state index is 0.0896. The number of nitrogens with zero attached hydrogens (tertiary/aromatic N) is 7. The molecule has 1 aliphatic heterocycles. The van der Waals surface area contributed by atoms with Gasteiger partial charge in [0.05, 0.1) is 12.1 Å². The average molecular weight is 416 g/mol. The second kappa shape index (κ2) is 8.31. The Morgan fingerprint density at radius 3 is 2.61 bits per heavy atom. The molecule has 0 bridgehead atoms. The third-order valence-electron chi connectivity index (χ3n) is 5.76. The first-order chi connectivity index (χ1) is 15.2. The zero-order valence-electron chi connectivity index (χ0n) is 17.6. The summed E-state index contributed by atoms with van der Waals surface area (Å²) in [7, 11) is 0. The van der Waals surface area contributed by atoms with Gasteiger partial charge in [-0.25, -0.2) is 9.36 Å². The molecule has 5 rings (SSSR count). The van der Waals surface area contributed by atoms with Crippen molar-refractivity contribution < 1.29 is 0 Å². The van der Waals surface area contributed by atoms with E-state index in [-0.39, 0.29) is 5.56 Å². The number of aryl methyl sites for hydroxylation is 1. The van der Waals surface area contributed by atoms with E-state index in [1.807, 2.05) is 25.3 Å². The zero-order chi connectivity index (χ0) is 21.2. The van der Waals surface area contributed by atoms with Gasteiger partial charge in [0, 0.05) is 68.0 Å². The molecule has 0 N–H and O–H groups in total. The smallest absolute Gasteiger partial charge is 0.266 e. The maximum atomic E-state index is 12.2. The number of hydrogen-bond donors (Lipinski definition) is 0. The van der Waals surface area contributed by atoms with E-state index in [4.69, 9.17) is 0 Å². The summed E-state index contributed by atoms with van der Waals surface area (Å²) in [6.07, 6.45) is 3.52. The number of anilines is 1. The second-order valence-corrected chi connectivity index (χ2v) is 7.83. The van der Waals surface area contributed by atoms with Crippen LogP contribution in [-0.2, 0) is 6.54 Å². The number of para-hydroxylation sites is 1. The van der Waals surface area contributed by atoms with Crippen molar-refractivity contribution in [3.63, 3.8) is 0 Å². The van der Waals surface area contributed by atoms with Crippen LogP contribution in [0.15, 0.2) is 65.7 Å². The van der Waals surface area contributed by atoms with Crippen LogP contribution in [-0.4, -0.2) is 62.2 Å². The van der Waals surface area contributed by atoms with Crippen molar-refractivity contribution >= 4 is 16.6 Å². The molecule has 0 saturated carbocycles. The summed E-state index contributed by atoms with van der Waals surface area (Å²) < 4.78 is 3.19. The van der Waals surface area contributed by atoms with E-state index in [0.29, 0.717) is 12.4 Å². The van der Waals surface area contributed by atoms with Crippen LogP contribution in [0, 0.1) is 6.92 Å². The fraction of sp³-hybridized carbons (Fsp3) is 0.304. The topological polar surface area (TPSA) is 72.1 Å². The predicted molar refractivity (Wildman–Crippen MR) is 121 cm³/mol. The quantitative estimate of drug-likeness (QED) is 0.497. The van der Waals surface area contributed by atoms with E-state index in [1.165, 1.54) is 15.8 Å². The molecule has 1 saturated heterocycles. The third kappa shape index (κ3) is 4.06. The highest BCUT2D eigenvalue weighted by molar-refractivity contribution is 5.92. The largest absolute Gasteiger partial charge is 0.368 e. The maximum absolute atomic E-state index is 12.2. The van der Waals surface area contributed by atoms with E-state index < -0.39 is 0 Å². The molecule has 1 aliphatic rings. The molecule has 0 atom stereocenters. The van der Waals surface area contributed by atoms with E-state index in [2.05, 4.69) is 49.2 Å². The molecule has 4 aromatic rings. The van der Waals surface area contributed by atoms with Gasteiger partial charge in [-0.15, -0.1) is 5.10 Å². The Morgan fingerprint density at radius 2 is 1.81 bits per heavy atom. The number of aromatic nitrogens is 5. The highest BCUT2D eigenvalue weighted by atomic mass is 16.1. The highest BCUT2D eigenvalue weighted by Gasteiger charge is 2.19. The number of fused-ring (bicyclic) bond motifs is 1. The van der Waals surface area contributed by atoms with E-state index in [9.17, 15) is 4.79 Å². The normalized spacial score (nSPS) is 14.9. The molecule has 0 spiro atoms. The summed E-state index contributed by atoms with van der Waals surface area (Å²) in [6, 6.07) is 15.6. The lowest BCUT2D eigenvalue weighted by molar-refractivity contribution is 0.242. The first-order valence-corrected chi connectivity index (χ1v) is 10.6. The Bertz CT molecular complexity index is 1240. The Labute approximate surface area is 180 Å².